The van der Waals surface area contributed by atoms with Crippen molar-refractivity contribution in [2.45, 2.75) is 24.4 Å². The Kier molecular flexibility index (Phi) is 4.63. The number of rotatable bonds is 4. The van der Waals surface area contributed by atoms with E-state index in [4.69, 9.17) is 3.79 Å². The molecule has 1 aromatic carbocycles. The third kappa shape index (κ3) is 2.69. The van der Waals surface area contributed by atoms with E-state index in [9.17, 15) is 17.6 Å². The Labute approximate surface area is 95.8 Å². The molecule has 0 bridgehead atoms. The summed E-state index contributed by atoms with van der Waals surface area (Å²) in [6, 6.07) is 0.173. The summed E-state index contributed by atoms with van der Waals surface area (Å²) in [5.74, 6) is -6.71. The lowest BCUT2D eigenvalue weighted by atomic mass is 10.3. The average molecular weight is 250 g/mol. The summed E-state index contributed by atoms with van der Waals surface area (Å²) in [6.45, 7) is 3.62. The molecule has 16 heavy (non-hydrogen) atoms. The standard InChI is InChI=1S/C6H2F4O.2C2H5.Al/c7-2-1-3(8)5(10)6(11)4(2)9;2*1-2;/h1,11H;2*1H2,2H3;/q;;;+1/p-1. The summed E-state index contributed by atoms with van der Waals surface area (Å²) in [6.07, 6.45) is 0. The fourth-order valence-electron chi connectivity index (χ4n) is 1.28. The van der Waals surface area contributed by atoms with E-state index in [1.54, 1.807) is 0 Å². The predicted octanol–water partition coefficient (Wildman–Crippen LogP) is 3.65. The van der Waals surface area contributed by atoms with Crippen molar-refractivity contribution in [2.24, 2.45) is 0 Å². The normalized spacial score (nSPS) is 10.4. The highest BCUT2D eigenvalue weighted by Gasteiger charge is 2.25. The molecule has 0 saturated heterocycles. The Balaban J connectivity index is 3.11. The average Bonchev–Trinajstić information content (AvgIpc) is 2.27. The highest BCUT2D eigenvalue weighted by molar-refractivity contribution is 6.52. The van der Waals surface area contributed by atoms with Crippen molar-refractivity contribution in [3.8, 4) is 5.75 Å². The van der Waals surface area contributed by atoms with Crippen LogP contribution in [0.4, 0.5) is 17.6 Å². The lowest BCUT2D eigenvalue weighted by Gasteiger charge is -2.14. The van der Waals surface area contributed by atoms with E-state index in [2.05, 4.69) is 0 Å². The van der Waals surface area contributed by atoms with Gasteiger partial charge in [0.2, 0.25) is 0 Å². The molecular formula is C10H11AlF4O. The Bertz CT molecular complexity index is 353. The van der Waals surface area contributed by atoms with Crippen LogP contribution in [0.3, 0.4) is 0 Å². The Morgan fingerprint density at radius 2 is 1.44 bits per heavy atom. The number of hydrogen-bond acceptors (Lipinski definition) is 1. The van der Waals surface area contributed by atoms with Crippen molar-refractivity contribution in [2.75, 3.05) is 0 Å². The van der Waals surface area contributed by atoms with Crippen molar-refractivity contribution in [1.82, 2.24) is 0 Å². The van der Waals surface area contributed by atoms with Gasteiger partial charge < -0.3 is 3.79 Å². The molecule has 0 amide bonds. The summed E-state index contributed by atoms with van der Waals surface area (Å²) in [7, 11) is 0. The van der Waals surface area contributed by atoms with Gasteiger partial charge in [-0.2, -0.15) is 8.78 Å². The molecule has 0 aromatic heterocycles. The van der Waals surface area contributed by atoms with Crippen molar-refractivity contribution in [3.63, 3.8) is 0 Å². The van der Waals surface area contributed by atoms with Gasteiger partial charge in [0.1, 0.15) is 0 Å². The molecule has 6 heteroatoms. The SMILES string of the molecule is C[CH2][Al]([CH2]C)[O]c1c(F)c(F)cc(F)c1F. The molecule has 88 valence electrons. The molecular weight excluding hydrogens is 239 g/mol. The van der Waals surface area contributed by atoms with Crippen LogP contribution in [0.1, 0.15) is 13.8 Å². The predicted molar refractivity (Wildman–Crippen MR) is 53.6 cm³/mol. The molecule has 1 aromatic rings. The van der Waals surface area contributed by atoms with Crippen LogP contribution in [0.5, 0.6) is 5.75 Å². The van der Waals surface area contributed by atoms with Crippen molar-refractivity contribution >= 4 is 14.5 Å². The summed E-state index contributed by atoms with van der Waals surface area (Å²) in [5, 5.41) is 1.26. The zero-order valence-electron chi connectivity index (χ0n) is 8.99. The molecule has 0 unspecified atom stereocenters. The summed E-state index contributed by atoms with van der Waals surface area (Å²) >= 11 is -1.83. The summed E-state index contributed by atoms with van der Waals surface area (Å²) in [4.78, 5) is 0. The first-order valence-electron chi connectivity index (χ1n) is 5.00. The first-order valence-corrected chi connectivity index (χ1v) is 7.11. The molecule has 0 aliphatic rings. The van der Waals surface area contributed by atoms with Gasteiger partial charge in [-0.15, -0.1) is 0 Å². The van der Waals surface area contributed by atoms with Crippen LogP contribution in [-0.2, 0) is 0 Å². The second kappa shape index (κ2) is 5.56. The van der Waals surface area contributed by atoms with Crippen LogP contribution in [0.15, 0.2) is 6.07 Å². The van der Waals surface area contributed by atoms with Crippen LogP contribution in [0.25, 0.3) is 0 Å². The minimum atomic E-state index is -1.83. The number of hydrogen-bond donors (Lipinski definition) is 0. The maximum atomic E-state index is 13.2. The van der Waals surface area contributed by atoms with Gasteiger partial charge in [-0.3, -0.25) is 0 Å². The minimum absolute atomic E-state index is 0.173. The molecule has 0 aliphatic heterocycles. The Morgan fingerprint density at radius 3 is 1.81 bits per heavy atom. The molecule has 1 nitrogen and oxygen atoms in total. The molecule has 0 saturated carbocycles. The van der Waals surface area contributed by atoms with Crippen molar-refractivity contribution in [1.29, 1.82) is 0 Å². The zero-order valence-corrected chi connectivity index (χ0v) is 10.1. The molecule has 0 N–H and O–H groups in total. The number of benzene rings is 1. The monoisotopic (exact) mass is 250 g/mol. The van der Waals surface area contributed by atoms with E-state index < -0.39 is 43.5 Å². The fraction of sp³-hybridized carbons (Fsp3) is 0.400. The molecule has 0 atom stereocenters. The van der Waals surface area contributed by atoms with E-state index in [-0.39, 0.29) is 6.07 Å². The maximum Gasteiger partial charge on any atom is 0.546 e. The van der Waals surface area contributed by atoms with Gasteiger partial charge in [0, 0.05) is 6.07 Å². The fourth-order valence-corrected chi connectivity index (χ4v) is 2.73. The highest BCUT2D eigenvalue weighted by Crippen LogP contribution is 2.27. The lowest BCUT2D eigenvalue weighted by Crippen LogP contribution is -2.21. The van der Waals surface area contributed by atoms with E-state index in [1.165, 1.54) is 0 Å². The van der Waals surface area contributed by atoms with Gasteiger partial charge in [-0.1, -0.05) is 24.4 Å². The molecule has 0 fully saturated rings. The smallest absolute Gasteiger partial charge is 0.546 e. The van der Waals surface area contributed by atoms with Crippen LogP contribution in [0.2, 0.25) is 10.6 Å². The van der Waals surface area contributed by atoms with E-state index in [0.717, 1.165) is 0 Å². The second-order valence-electron chi connectivity index (χ2n) is 3.35. The van der Waals surface area contributed by atoms with Crippen LogP contribution in [-0.4, -0.2) is 14.5 Å². The largest absolute Gasteiger partial charge is 0.638 e. The Hall–Kier alpha value is -0.728. The molecule has 0 heterocycles. The second-order valence-corrected chi connectivity index (χ2v) is 6.47. The molecule has 1 rings (SSSR count). The maximum absolute atomic E-state index is 13.2. The third-order valence-electron chi connectivity index (χ3n) is 2.27. The first kappa shape index (κ1) is 13.3. The zero-order chi connectivity index (χ0) is 12.3. The van der Waals surface area contributed by atoms with Gasteiger partial charge in [-0.25, -0.2) is 8.78 Å². The van der Waals surface area contributed by atoms with Crippen LogP contribution < -0.4 is 3.79 Å². The highest BCUT2D eigenvalue weighted by atomic mass is 27.2. The van der Waals surface area contributed by atoms with Crippen molar-refractivity contribution < 1.29 is 21.4 Å². The van der Waals surface area contributed by atoms with E-state index in [1.807, 2.05) is 13.8 Å². The first-order chi connectivity index (χ1) is 7.51. The van der Waals surface area contributed by atoms with Crippen LogP contribution >= 0.6 is 0 Å². The molecule has 0 radical (unpaired) electrons. The topological polar surface area (TPSA) is 9.23 Å². The van der Waals surface area contributed by atoms with Gasteiger partial charge in [0.25, 0.3) is 0 Å². The number of halogens is 4. The Morgan fingerprint density at radius 1 is 1.00 bits per heavy atom. The third-order valence-corrected chi connectivity index (χ3v) is 4.66. The van der Waals surface area contributed by atoms with E-state index >= 15 is 0 Å². The van der Waals surface area contributed by atoms with Crippen molar-refractivity contribution in [3.05, 3.63) is 29.3 Å². The summed E-state index contributed by atoms with van der Waals surface area (Å²) < 4.78 is 57.1. The van der Waals surface area contributed by atoms with Gasteiger partial charge in [0.05, 0.1) is 0 Å². The van der Waals surface area contributed by atoms with E-state index in [0.29, 0.717) is 10.6 Å². The molecule has 0 spiro atoms. The summed E-state index contributed by atoms with van der Waals surface area (Å²) in [5.41, 5.74) is 0. The van der Waals surface area contributed by atoms with Gasteiger partial charge in [-0.05, 0) is 0 Å². The lowest BCUT2D eigenvalue weighted by molar-refractivity contribution is 0.394. The van der Waals surface area contributed by atoms with Crippen LogP contribution in [0, 0.1) is 23.3 Å². The van der Waals surface area contributed by atoms with Gasteiger partial charge >= 0.3 is 14.5 Å². The quantitative estimate of drug-likeness (QED) is 0.450. The molecule has 0 aliphatic carbocycles. The van der Waals surface area contributed by atoms with Gasteiger partial charge in [0.15, 0.2) is 29.0 Å². The minimum Gasteiger partial charge on any atom is -0.638 e.